The van der Waals surface area contributed by atoms with E-state index in [1.165, 1.54) is 23.3 Å². The summed E-state index contributed by atoms with van der Waals surface area (Å²) in [6.07, 6.45) is 0. The van der Waals surface area contributed by atoms with E-state index in [0.717, 1.165) is 5.56 Å². The zero-order valence-electron chi connectivity index (χ0n) is 12.0. The van der Waals surface area contributed by atoms with E-state index in [2.05, 4.69) is 31.3 Å². The third-order valence-electron chi connectivity index (χ3n) is 3.60. The third kappa shape index (κ3) is 3.23. The third-order valence-corrected chi connectivity index (χ3v) is 3.60. The fraction of sp³-hybridized carbons (Fsp3) is 0.294. The maximum Gasteiger partial charge on any atom is 0.159 e. The van der Waals surface area contributed by atoms with E-state index in [0.29, 0.717) is 0 Å². The quantitative estimate of drug-likeness (QED) is 0.854. The summed E-state index contributed by atoms with van der Waals surface area (Å²) >= 11 is 0. The smallest absolute Gasteiger partial charge is 0.159 e. The van der Waals surface area contributed by atoms with E-state index >= 15 is 0 Å². The first-order valence-electron chi connectivity index (χ1n) is 6.75. The SMILES string of the molecule is Cc1ccccc1[C@@H](C)NC(C)c1ccc(F)c(F)c1. The summed E-state index contributed by atoms with van der Waals surface area (Å²) in [5, 5.41) is 3.41. The fourth-order valence-corrected chi connectivity index (χ4v) is 2.42. The van der Waals surface area contributed by atoms with Crippen molar-refractivity contribution in [1.82, 2.24) is 5.32 Å². The molecular formula is C17H19F2N. The Balaban J connectivity index is 2.13. The van der Waals surface area contributed by atoms with Crippen LogP contribution in [0.1, 0.15) is 42.6 Å². The molecule has 0 fully saturated rings. The first kappa shape index (κ1) is 14.7. The number of rotatable bonds is 4. The molecule has 0 aromatic heterocycles. The standard InChI is InChI=1S/C17H19F2N/c1-11-6-4-5-7-15(11)13(3)20-12(2)14-8-9-16(18)17(19)10-14/h4-10,12-13,20H,1-3H3/t12?,13-/m1/s1. The highest BCUT2D eigenvalue weighted by Gasteiger charge is 2.14. The molecule has 106 valence electrons. The minimum Gasteiger partial charge on any atom is -0.304 e. The second kappa shape index (κ2) is 6.14. The van der Waals surface area contributed by atoms with Crippen LogP contribution in [0.3, 0.4) is 0 Å². The Kier molecular flexibility index (Phi) is 4.50. The van der Waals surface area contributed by atoms with Gasteiger partial charge >= 0.3 is 0 Å². The lowest BCUT2D eigenvalue weighted by Gasteiger charge is -2.22. The van der Waals surface area contributed by atoms with Crippen molar-refractivity contribution in [2.45, 2.75) is 32.9 Å². The van der Waals surface area contributed by atoms with E-state index in [4.69, 9.17) is 0 Å². The molecule has 1 unspecified atom stereocenters. The van der Waals surface area contributed by atoms with Crippen LogP contribution in [0, 0.1) is 18.6 Å². The lowest BCUT2D eigenvalue weighted by molar-refractivity contribution is 0.479. The van der Waals surface area contributed by atoms with Gasteiger partial charge in [-0.25, -0.2) is 8.78 Å². The molecule has 2 atom stereocenters. The van der Waals surface area contributed by atoms with Crippen LogP contribution < -0.4 is 5.32 Å². The van der Waals surface area contributed by atoms with Gasteiger partial charge in [0.25, 0.3) is 0 Å². The van der Waals surface area contributed by atoms with Gasteiger partial charge in [0.05, 0.1) is 0 Å². The van der Waals surface area contributed by atoms with Crippen LogP contribution in [0.15, 0.2) is 42.5 Å². The summed E-state index contributed by atoms with van der Waals surface area (Å²) < 4.78 is 26.2. The normalized spacial score (nSPS) is 14.1. The monoisotopic (exact) mass is 275 g/mol. The number of hydrogen-bond donors (Lipinski definition) is 1. The maximum absolute atomic E-state index is 13.3. The Morgan fingerprint density at radius 1 is 0.900 bits per heavy atom. The molecule has 20 heavy (non-hydrogen) atoms. The highest BCUT2D eigenvalue weighted by atomic mass is 19.2. The van der Waals surface area contributed by atoms with Gasteiger partial charge in [-0.3, -0.25) is 0 Å². The summed E-state index contributed by atoms with van der Waals surface area (Å²) in [4.78, 5) is 0. The number of hydrogen-bond acceptors (Lipinski definition) is 1. The Morgan fingerprint density at radius 3 is 2.25 bits per heavy atom. The molecule has 0 aliphatic carbocycles. The predicted octanol–water partition coefficient (Wildman–Crippen LogP) is 4.69. The van der Waals surface area contributed by atoms with Crippen molar-refractivity contribution < 1.29 is 8.78 Å². The number of aryl methyl sites for hydroxylation is 1. The Hall–Kier alpha value is -1.74. The van der Waals surface area contributed by atoms with Gasteiger partial charge in [-0.15, -0.1) is 0 Å². The molecule has 0 bridgehead atoms. The topological polar surface area (TPSA) is 12.0 Å². The van der Waals surface area contributed by atoms with E-state index in [-0.39, 0.29) is 12.1 Å². The molecule has 0 spiro atoms. The van der Waals surface area contributed by atoms with Crippen molar-refractivity contribution in [3.63, 3.8) is 0 Å². The van der Waals surface area contributed by atoms with Crippen LogP contribution in [-0.4, -0.2) is 0 Å². The molecule has 2 aromatic carbocycles. The summed E-state index contributed by atoms with van der Waals surface area (Å²) in [5.74, 6) is -1.62. The Morgan fingerprint density at radius 2 is 1.60 bits per heavy atom. The van der Waals surface area contributed by atoms with Gasteiger partial charge in [0, 0.05) is 12.1 Å². The minimum atomic E-state index is -0.812. The van der Waals surface area contributed by atoms with Gasteiger partial charge in [0.15, 0.2) is 11.6 Å². The average Bonchev–Trinajstić information content (AvgIpc) is 2.42. The minimum absolute atomic E-state index is 0.0558. The van der Waals surface area contributed by atoms with Crippen LogP contribution in [0.25, 0.3) is 0 Å². The van der Waals surface area contributed by atoms with Gasteiger partial charge in [-0.05, 0) is 49.6 Å². The maximum atomic E-state index is 13.3. The number of benzene rings is 2. The van der Waals surface area contributed by atoms with Gasteiger partial charge in [-0.1, -0.05) is 30.3 Å². The van der Waals surface area contributed by atoms with Crippen molar-refractivity contribution in [1.29, 1.82) is 0 Å². The summed E-state index contributed by atoms with van der Waals surface area (Å²) in [6.45, 7) is 6.08. The van der Waals surface area contributed by atoms with Gasteiger partial charge < -0.3 is 5.32 Å². The van der Waals surface area contributed by atoms with Crippen molar-refractivity contribution >= 4 is 0 Å². The van der Waals surface area contributed by atoms with E-state index in [9.17, 15) is 8.78 Å². The first-order chi connectivity index (χ1) is 9.49. The van der Waals surface area contributed by atoms with Crippen LogP contribution in [0.2, 0.25) is 0 Å². The van der Waals surface area contributed by atoms with Crippen LogP contribution in [0.5, 0.6) is 0 Å². The van der Waals surface area contributed by atoms with Gasteiger partial charge in [-0.2, -0.15) is 0 Å². The molecule has 1 nitrogen and oxygen atoms in total. The van der Waals surface area contributed by atoms with Crippen molar-refractivity contribution in [3.8, 4) is 0 Å². The van der Waals surface area contributed by atoms with Crippen LogP contribution in [-0.2, 0) is 0 Å². The molecule has 3 heteroatoms. The molecule has 0 amide bonds. The molecule has 0 aliphatic heterocycles. The lowest BCUT2D eigenvalue weighted by atomic mass is 10.0. The molecule has 0 radical (unpaired) electrons. The van der Waals surface area contributed by atoms with Gasteiger partial charge in [0.2, 0.25) is 0 Å². The first-order valence-corrected chi connectivity index (χ1v) is 6.75. The molecule has 0 saturated carbocycles. The average molecular weight is 275 g/mol. The zero-order valence-corrected chi connectivity index (χ0v) is 12.0. The van der Waals surface area contributed by atoms with E-state index in [1.807, 2.05) is 19.1 Å². The van der Waals surface area contributed by atoms with Crippen molar-refractivity contribution in [3.05, 3.63) is 70.8 Å². The number of halogens is 2. The molecule has 0 heterocycles. The largest absolute Gasteiger partial charge is 0.304 e. The van der Waals surface area contributed by atoms with Crippen molar-refractivity contribution in [2.75, 3.05) is 0 Å². The molecule has 2 rings (SSSR count). The predicted molar refractivity (Wildman–Crippen MR) is 77.5 cm³/mol. The van der Waals surface area contributed by atoms with E-state index < -0.39 is 11.6 Å². The van der Waals surface area contributed by atoms with Crippen LogP contribution >= 0.6 is 0 Å². The van der Waals surface area contributed by atoms with Crippen LogP contribution in [0.4, 0.5) is 8.78 Å². The molecule has 1 N–H and O–H groups in total. The summed E-state index contributed by atoms with van der Waals surface area (Å²) in [7, 11) is 0. The highest BCUT2D eigenvalue weighted by Crippen LogP contribution is 2.22. The second-order valence-corrected chi connectivity index (χ2v) is 5.14. The fourth-order valence-electron chi connectivity index (χ4n) is 2.42. The Labute approximate surface area is 118 Å². The molecular weight excluding hydrogens is 256 g/mol. The number of nitrogens with one attached hydrogen (secondary N) is 1. The lowest BCUT2D eigenvalue weighted by Crippen LogP contribution is -2.23. The molecule has 2 aromatic rings. The van der Waals surface area contributed by atoms with E-state index in [1.54, 1.807) is 6.07 Å². The highest BCUT2D eigenvalue weighted by molar-refractivity contribution is 5.29. The molecule has 0 aliphatic rings. The molecule has 0 saturated heterocycles. The van der Waals surface area contributed by atoms with Crippen molar-refractivity contribution in [2.24, 2.45) is 0 Å². The summed E-state index contributed by atoms with van der Waals surface area (Å²) in [5.41, 5.74) is 3.16. The Bertz CT molecular complexity index is 595. The van der Waals surface area contributed by atoms with Gasteiger partial charge in [0.1, 0.15) is 0 Å². The second-order valence-electron chi connectivity index (χ2n) is 5.14. The zero-order chi connectivity index (χ0) is 14.7. The summed E-state index contributed by atoms with van der Waals surface area (Å²) in [6, 6.07) is 12.3.